The summed E-state index contributed by atoms with van der Waals surface area (Å²) in [5, 5.41) is 10.4. The van der Waals surface area contributed by atoms with E-state index in [2.05, 4.69) is 6.92 Å². The Kier molecular flexibility index (Phi) is 3.85. The number of hydrogen-bond acceptors (Lipinski definition) is 3. The van der Waals surface area contributed by atoms with E-state index in [1.54, 1.807) is 12.1 Å². The van der Waals surface area contributed by atoms with Gasteiger partial charge in [0, 0.05) is 0 Å². The fraction of sp³-hybridized carbons (Fsp3) is 0.667. The van der Waals surface area contributed by atoms with Crippen LogP contribution < -0.4 is 4.52 Å². The lowest BCUT2D eigenvalue weighted by Crippen LogP contribution is -2.43. The predicted molar refractivity (Wildman–Crippen MR) is 89.7 cm³/mol. The Morgan fingerprint density at radius 1 is 1.21 bits per heavy atom. The van der Waals surface area contributed by atoms with E-state index in [9.17, 15) is 9.67 Å². The van der Waals surface area contributed by atoms with Gasteiger partial charge < -0.3 is 9.63 Å². The molecule has 2 saturated carbocycles. The van der Waals surface area contributed by atoms with Gasteiger partial charge in [-0.15, -0.1) is 0 Å². The quantitative estimate of drug-likeness (QED) is 0.711. The van der Waals surface area contributed by atoms with Crippen LogP contribution in [0.3, 0.4) is 0 Å². The molecule has 0 spiro atoms. The van der Waals surface area contributed by atoms with Crippen LogP contribution in [0.1, 0.15) is 56.1 Å². The molecule has 0 unspecified atom stereocenters. The van der Waals surface area contributed by atoms with Crippen LogP contribution in [-0.4, -0.2) is 21.0 Å². The molecule has 4 rings (SSSR count). The maximum atomic E-state index is 11.0. The summed E-state index contributed by atoms with van der Waals surface area (Å²) in [5.74, 6) is 1.95. The van der Waals surface area contributed by atoms with Crippen molar-refractivity contribution in [1.82, 2.24) is 0 Å². The molecule has 3 aliphatic rings. The van der Waals surface area contributed by atoms with E-state index in [4.69, 9.17) is 14.3 Å². The van der Waals surface area contributed by atoms with Gasteiger partial charge in [-0.25, -0.2) is 4.57 Å². The highest BCUT2D eigenvalue weighted by molar-refractivity contribution is 7.46. The standard InChI is InChI=1S/C18H25O5P/c1-18-9-8-14-13-5-3-12(23-24(20,21)22)10-11(13)2-4-15(14)16(18)6-7-17(18)19/h3,5,10,14-17,19H,2,4,6-9H2,1H3,(H2,20,21,22)/t14-,15+,16+,17+,18-/m1/s1. The summed E-state index contributed by atoms with van der Waals surface area (Å²) in [6.07, 6.45) is 6.02. The lowest BCUT2D eigenvalue weighted by molar-refractivity contribution is -0.0226. The van der Waals surface area contributed by atoms with Crippen molar-refractivity contribution in [3.05, 3.63) is 29.3 Å². The van der Waals surface area contributed by atoms with E-state index in [0.29, 0.717) is 17.8 Å². The molecule has 0 aliphatic heterocycles. The lowest BCUT2D eigenvalue weighted by Gasteiger charge is -2.50. The van der Waals surface area contributed by atoms with Crippen molar-refractivity contribution in [1.29, 1.82) is 0 Å². The molecule has 6 heteroatoms. The van der Waals surface area contributed by atoms with Gasteiger partial charge in [-0.3, -0.25) is 9.79 Å². The Morgan fingerprint density at radius 3 is 2.75 bits per heavy atom. The Hall–Kier alpha value is -0.870. The summed E-state index contributed by atoms with van der Waals surface area (Å²) >= 11 is 0. The zero-order chi connectivity index (χ0) is 17.1. The SMILES string of the molecule is C[C@@]12CC[C@@H]3c4ccc(OP(=O)(O)O)cc4CC[C@@H]3[C@@H]1CC[C@@H]2O. The molecule has 0 amide bonds. The summed E-state index contributed by atoms with van der Waals surface area (Å²) in [4.78, 5) is 18.0. The number of aliphatic hydroxyl groups excluding tert-OH is 1. The zero-order valence-electron chi connectivity index (χ0n) is 13.9. The highest BCUT2D eigenvalue weighted by atomic mass is 31.2. The van der Waals surface area contributed by atoms with Crippen LogP contribution in [0.4, 0.5) is 0 Å². The van der Waals surface area contributed by atoms with E-state index in [1.165, 1.54) is 5.56 Å². The van der Waals surface area contributed by atoms with Gasteiger partial charge in [0.05, 0.1) is 6.10 Å². The second-order valence-electron chi connectivity index (χ2n) is 8.00. The van der Waals surface area contributed by atoms with Gasteiger partial charge in [0.25, 0.3) is 0 Å². The van der Waals surface area contributed by atoms with E-state index in [-0.39, 0.29) is 17.3 Å². The second-order valence-corrected chi connectivity index (χ2v) is 9.16. The summed E-state index contributed by atoms with van der Waals surface area (Å²) in [7, 11) is -4.51. The summed E-state index contributed by atoms with van der Waals surface area (Å²) in [6.45, 7) is 2.26. The molecule has 2 fully saturated rings. The van der Waals surface area contributed by atoms with E-state index >= 15 is 0 Å². The first-order valence-electron chi connectivity index (χ1n) is 8.84. The van der Waals surface area contributed by atoms with Gasteiger partial charge in [0.15, 0.2) is 0 Å². The normalized spacial score (nSPS) is 38.2. The van der Waals surface area contributed by atoms with Gasteiger partial charge in [-0.05, 0) is 85.0 Å². The Morgan fingerprint density at radius 2 is 2.00 bits per heavy atom. The van der Waals surface area contributed by atoms with Crippen LogP contribution in [-0.2, 0) is 11.0 Å². The van der Waals surface area contributed by atoms with Gasteiger partial charge in [-0.2, -0.15) is 0 Å². The second kappa shape index (κ2) is 5.57. The third kappa shape index (κ3) is 2.62. The predicted octanol–water partition coefficient (Wildman–Crippen LogP) is 3.38. The van der Waals surface area contributed by atoms with Crippen LogP contribution in [0, 0.1) is 17.3 Å². The van der Waals surface area contributed by atoms with Crippen molar-refractivity contribution in [2.45, 2.75) is 57.5 Å². The van der Waals surface area contributed by atoms with Crippen molar-refractivity contribution in [3.8, 4) is 5.75 Å². The maximum Gasteiger partial charge on any atom is 0.524 e. The maximum absolute atomic E-state index is 11.0. The van der Waals surface area contributed by atoms with Crippen LogP contribution in [0.5, 0.6) is 5.75 Å². The van der Waals surface area contributed by atoms with Crippen LogP contribution in [0.2, 0.25) is 0 Å². The van der Waals surface area contributed by atoms with Gasteiger partial charge in [0.1, 0.15) is 5.75 Å². The topological polar surface area (TPSA) is 87.0 Å². The molecule has 3 aliphatic carbocycles. The van der Waals surface area contributed by atoms with Crippen molar-refractivity contribution < 1.29 is 24.0 Å². The molecule has 0 radical (unpaired) electrons. The molecule has 132 valence electrons. The first-order valence-corrected chi connectivity index (χ1v) is 10.4. The highest BCUT2D eigenvalue weighted by Gasteiger charge is 2.54. The zero-order valence-corrected chi connectivity index (χ0v) is 14.8. The number of hydrogen-bond donors (Lipinski definition) is 3. The molecule has 0 heterocycles. The van der Waals surface area contributed by atoms with E-state index < -0.39 is 7.82 Å². The van der Waals surface area contributed by atoms with Crippen molar-refractivity contribution in [3.63, 3.8) is 0 Å². The highest BCUT2D eigenvalue weighted by Crippen LogP contribution is 2.61. The smallest absolute Gasteiger partial charge is 0.404 e. The Labute approximate surface area is 142 Å². The molecule has 24 heavy (non-hydrogen) atoms. The minimum absolute atomic E-state index is 0.0716. The van der Waals surface area contributed by atoms with Crippen molar-refractivity contribution in [2.24, 2.45) is 17.3 Å². The van der Waals surface area contributed by atoms with Gasteiger partial charge in [0.2, 0.25) is 0 Å². The molecule has 0 bridgehead atoms. The number of phosphoric acid groups is 1. The Balaban J connectivity index is 1.62. The molecular formula is C18H25O5P. The molecule has 0 saturated heterocycles. The van der Waals surface area contributed by atoms with E-state index in [1.807, 2.05) is 6.07 Å². The van der Waals surface area contributed by atoms with E-state index in [0.717, 1.165) is 44.1 Å². The lowest BCUT2D eigenvalue weighted by atomic mass is 9.55. The minimum atomic E-state index is -4.51. The third-order valence-corrected chi connectivity index (χ3v) is 7.32. The number of aryl methyl sites for hydroxylation is 1. The molecule has 1 aromatic rings. The monoisotopic (exact) mass is 352 g/mol. The number of aliphatic hydroxyl groups is 1. The molecule has 5 atom stereocenters. The summed E-state index contributed by atoms with van der Waals surface area (Å²) in [5.41, 5.74) is 2.54. The van der Waals surface area contributed by atoms with Crippen molar-refractivity contribution >= 4 is 7.82 Å². The number of phosphoric ester groups is 1. The third-order valence-electron chi connectivity index (χ3n) is 6.87. The molecule has 5 nitrogen and oxygen atoms in total. The largest absolute Gasteiger partial charge is 0.524 e. The molecule has 3 N–H and O–H groups in total. The Bertz CT molecular complexity index is 699. The number of benzene rings is 1. The molecular weight excluding hydrogens is 327 g/mol. The van der Waals surface area contributed by atoms with Gasteiger partial charge in [-0.1, -0.05) is 13.0 Å². The summed E-state index contributed by atoms with van der Waals surface area (Å²) in [6, 6.07) is 5.46. The number of rotatable bonds is 2. The van der Waals surface area contributed by atoms with Gasteiger partial charge >= 0.3 is 7.82 Å². The minimum Gasteiger partial charge on any atom is -0.404 e. The average molecular weight is 352 g/mol. The van der Waals surface area contributed by atoms with Crippen LogP contribution in [0.15, 0.2) is 18.2 Å². The molecule has 0 aromatic heterocycles. The fourth-order valence-corrected chi connectivity index (χ4v) is 6.11. The molecule has 1 aromatic carbocycles. The fourth-order valence-electron chi connectivity index (χ4n) is 5.73. The summed E-state index contributed by atoms with van der Waals surface area (Å²) < 4.78 is 15.8. The first kappa shape index (κ1) is 16.6. The van der Waals surface area contributed by atoms with Crippen LogP contribution in [0.25, 0.3) is 0 Å². The van der Waals surface area contributed by atoms with Crippen LogP contribution >= 0.6 is 7.82 Å². The first-order chi connectivity index (χ1) is 11.3. The average Bonchev–Trinajstić information content (AvgIpc) is 2.81. The number of fused-ring (bicyclic) bond motifs is 5. The van der Waals surface area contributed by atoms with Crippen molar-refractivity contribution in [2.75, 3.05) is 0 Å².